The SMILES string of the molecule is Cc1nc(C2CC2)nc(OCC2CCN(c3ccn4nccc4n3)CC2)c1C. The molecule has 4 heterocycles. The molecule has 5 rings (SSSR count). The van der Waals surface area contributed by atoms with Gasteiger partial charge in [0.25, 0.3) is 0 Å². The van der Waals surface area contributed by atoms with Gasteiger partial charge in [-0.05, 0) is 51.5 Å². The van der Waals surface area contributed by atoms with Crippen molar-refractivity contribution in [1.82, 2.24) is 24.6 Å². The average molecular weight is 378 g/mol. The van der Waals surface area contributed by atoms with Gasteiger partial charge in [-0.1, -0.05) is 0 Å². The van der Waals surface area contributed by atoms with Crippen molar-refractivity contribution in [1.29, 1.82) is 0 Å². The molecule has 0 atom stereocenters. The Morgan fingerprint density at radius 1 is 1.04 bits per heavy atom. The number of nitrogens with zero attached hydrogens (tertiary/aromatic N) is 6. The Bertz CT molecular complexity index is 988. The van der Waals surface area contributed by atoms with Crippen LogP contribution in [0.5, 0.6) is 5.88 Å². The monoisotopic (exact) mass is 378 g/mol. The molecule has 0 amide bonds. The van der Waals surface area contributed by atoms with Gasteiger partial charge in [-0.25, -0.2) is 14.5 Å². The van der Waals surface area contributed by atoms with E-state index < -0.39 is 0 Å². The van der Waals surface area contributed by atoms with Crippen LogP contribution in [0.3, 0.4) is 0 Å². The highest BCUT2D eigenvalue weighted by atomic mass is 16.5. The molecule has 1 saturated heterocycles. The maximum Gasteiger partial charge on any atom is 0.219 e. The van der Waals surface area contributed by atoms with Crippen LogP contribution in [0.2, 0.25) is 0 Å². The molecule has 3 aromatic heterocycles. The van der Waals surface area contributed by atoms with E-state index in [1.807, 2.05) is 18.3 Å². The lowest BCUT2D eigenvalue weighted by atomic mass is 9.98. The number of piperidine rings is 1. The van der Waals surface area contributed by atoms with Crippen LogP contribution < -0.4 is 9.64 Å². The summed E-state index contributed by atoms with van der Waals surface area (Å²) >= 11 is 0. The molecule has 1 aliphatic carbocycles. The summed E-state index contributed by atoms with van der Waals surface area (Å²) < 4.78 is 7.96. The molecule has 146 valence electrons. The Balaban J connectivity index is 1.20. The van der Waals surface area contributed by atoms with Crippen molar-refractivity contribution in [2.75, 3.05) is 24.6 Å². The lowest BCUT2D eigenvalue weighted by molar-refractivity contribution is 0.213. The van der Waals surface area contributed by atoms with Crippen molar-refractivity contribution in [3.8, 4) is 5.88 Å². The molecule has 1 aliphatic heterocycles. The third kappa shape index (κ3) is 3.41. The Labute approximate surface area is 164 Å². The maximum absolute atomic E-state index is 6.17. The van der Waals surface area contributed by atoms with Gasteiger partial charge < -0.3 is 9.64 Å². The Hall–Kier alpha value is -2.70. The first-order valence-electron chi connectivity index (χ1n) is 10.2. The van der Waals surface area contributed by atoms with Crippen molar-refractivity contribution in [2.45, 2.75) is 45.4 Å². The lowest BCUT2D eigenvalue weighted by Gasteiger charge is -2.32. The Morgan fingerprint density at radius 2 is 1.86 bits per heavy atom. The summed E-state index contributed by atoms with van der Waals surface area (Å²) in [4.78, 5) is 16.4. The molecule has 0 N–H and O–H groups in total. The van der Waals surface area contributed by atoms with Crippen LogP contribution in [0.15, 0.2) is 24.5 Å². The van der Waals surface area contributed by atoms with Crippen molar-refractivity contribution in [3.05, 3.63) is 41.6 Å². The first kappa shape index (κ1) is 17.4. The van der Waals surface area contributed by atoms with E-state index in [1.165, 1.54) is 12.8 Å². The zero-order chi connectivity index (χ0) is 19.1. The highest BCUT2D eigenvalue weighted by Gasteiger charge is 2.28. The molecule has 7 nitrogen and oxygen atoms in total. The van der Waals surface area contributed by atoms with Crippen molar-refractivity contribution < 1.29 is 4.74 Å². The fourth-order valence-corrected chi connectivity index (χ4v) is 3.79. The van der Waals surface area contributed by atoms with E-state index in [0.717, 1.165) is 67.0 Å². The first-order valence-corrected chi connectivity index (χ1v) is 10.2. The van der Waals surface area contributed by atoms with E-state index in [4.69, 9.17) is 14.7 Å². The Kier molecular flexibility index (Phi) is 4.37. The summed E-state index contributed by atoms with van der Waals surface area (Å²) in [5.41, 5.74) is 3.01. The molecule has 7 heteroatoms. The van der Waals surface area contributed by atoms with Gasteiger partial charge >= 0.3 is 0 Å². The molecule has 2 fully saturated rings. The number of hydrogen-bond acceptors (Lipinski definition) is 6. The molecule has 3 aromatic rings. The number of hydrogen-bond donors (Lipinski definition) is 0. The summed E-state index contributed by atoms with van der Waals surface area (Å²) in [5.74, 6) is 3.88. The van der Waals surface area contributed by atoms with Crippen molar-refractivity contribution >= 4 is 11.5 Å². The quantitative estimate of drug-likeness (QED) is 0.678. The average Bonchev–Trinajstić information content (AvgIpc) is 3.46. The van der Waals surface area contributed by atoms with Gasteiger partial charge in [0.2, 0.25) is 5.88 Å². The molecule has 1 saturated carbocycles. The minimum absolute atomic E-state index is 0.547. The van der Waals surface area contributed by atoms with Gasteiger partial charge in [-0.2, -0.15) is 10.1 Å². The molecule has 2 aliphatic rings. The maximum atomic E-state index is 6.17. The van der Waals surface area contributed by atoms with E-state index in [-0.39, 0.29) is 0 Å². The van der Waals surface area contributed by atoms with Crippen LogP contribution in [0.25, 0.3) is 5.65 Å². The molecule has 0 spiro atoms. The summed E-state index contributed by atoms with van der Waals surface area (Å²) in [6.45, 7) is 6.84. The second-order valence-electron chi connectivity index (χ2n) is 8.03. The third-order valence-electron chi connectivity index (χ3n) is 5.94. The van der Waals surface area contributed by atoms with Crippen molar-refractivity contribution in [2.24, 2.45) is 5.92 Å². The fraction of sp³-hybridized carbons (Fsp3) is 0.524. The topological polar surface area (TPSA) is 68.4 Å². The standard InChI is InChI=1S/C21H26N6O/c1-14-15(2)23-20(17-3-4-17)25-21(14)28-13-16-6-10-26(11-7-16)18-8-12-27-19(24-18)5-9-22-27/h5,8-9,12,16-17H,3-4,6-7,10-11,13H2,1-2H3. The fourth-order valence-electron chi connectivity index (χ4n) is 3.79. The van der Waals surface area contributed by atoms with Gasteiger partial charge in [-0.15, -0.1) is 0 Å². The number of anilines is 1. The number of ether oxygens (including phenoxy) is 1. The molecule has 0 radical (unpaired) electrons. The summed E-state index contributed by atoms with van der Waals surface area (Å²) in [5, 5.41) is 4.21. The van der Waals surface area contributed by atoms with Crippen LogP contribution >= 0.6 is 0 Å². The smallest absolute Gasteiger partial charge is 0.219 e. The highest BCUT2D eigenvalue weighted by Crippen LogP contribution is 2.39. The molecule has 0 bridgehead atoms. The number of aromatic nitrogens is 5. The van der Waals surface area contributed by atoms with E-state index in [1.54, 1.807) is 10.7 Å². The van der Waals surface area contributed by atoms with E-state index in [0.29, 0.717) is 11.8 Å². The van der Waals surface area contributed by atoms with Gasteiger partial charge in [-0.3, -0.25) is 0 Å². The predicted molar refractivity (Wildman–Crippen MR) is 107 cm³/mol. The van der Waals surface area contributed by atoms with Crippen LogP contribution in [-0.2, 0) is 0 Å². The van der Waals surface area contributed by atoms with Crippen molar-refractivity contribution in [3.63, 3.8) is 0 Å². The summed E-state index contributed by atoms with van der Waals surface area (Å²) in [6.07, 6.45) is 8.38. The second-order valence-corrected chi connectivity index (χ2v) is 8.03. The minimum atomic E-state index is 0.547. The van der Waals surface area contributed by atoms with E-state index >= 15 is 0 Å². The summed E-state index contributed by atoms with van der Waals surface area (Å²) in [7, 11) is 0. The lowest BCUT2D eigenvalue weighted by Crippen LogP contribution is -2.36. The largest absolute Gasteiger partial charge is 0.477 e. The Morgan fingerprint density at radius 3 is 2.64 bits per heavy atom. The van der Waals surface area contributed by atoms with E-state index in [2.05, 4.69) is 28.8 Å². The van der Waals surface area contributed by atoms with Crippen LogP contribution in [-0.4, -0.2) is 44.3 Å². The van der Waals surface area contributed by atoms with Gasteiger partial charge in [0, 0.05) is 42.5 Å². The zero-order valence-corrected chi connectivity index (χ0v) is 16.5. The predicted octanol–water partition coefficient (Wildman–Crippen LogP) is 3.31. The number of aryl methyl sites for hydroxylation is 1. The minimum Gasteiger partial charge on any atom is -0.477 e. The first-order chi connectivity index (χ1) is 13.7. The van der Waals surface area contributed by atoms with Crippen LogP contribution in [0.1, 0.15) is 48.7 Å². The zero-order valence-electron chi connectivity index (χ0n) is 16.5. The van der Waals surface area contributed by atoms with Gasteiger partial charge in [0.05, 0.1) is 12.8 Å². The summed E-state index contributed by atoms with van der Waals surface area (Å²) in [6, 6.07) is 3.98. The van der Waals surface area contributed by atoms with E-state index in [9.17, 15) is 0 Å². The normalized spacial score (nSPS) is 18.0. The molecule has 0 unspecified atom stereocenters. The second kappa shape index (κ2) is 7.04. The van der Waals surface area contributed by atoms with Gasteiger partial charge in [0.15, 0.2) is 5.65 Å². The molecular formula is C21H26N6O. The van der Waals surface area contributed by atoms with Gasteiger partial charge in [0.1, 0.15) is 11.6 Å². The number of fused-ring (bicyclic) bond motifs is 1. The molecule has 0 aromatic carbocycles. The molecule has 28 heavy (non-hydrogen) atoms. The third-order valence-corrected chi connectivity index (χ3v) is 5.94. The van der Waals surface area contributed by atoms with Crippen LogP contribution in [0, 0.1) is 19.8 Å². The van der Waals surface area contributed by atoms with Crippen LogP contribution in [0.4, 0.5) is 5.82 Å². The highest BCUT2D eigenvalue weighted by molar-refractivity contribution is 5.47. The number of rotatable bonds is 5. The molecular weight excluding hydrogens is 352 g/mol.